The number of H-pyrrole nitrogens is 1. The van der Waals surface area contributed by atoms with Gasteiger partial charge in [-0.25, -0.2) is 9.97 Å². The average Bonchev–Trinajstić information content (AvgIpc) is 3.49. The van der Waals surface area contributed by atoms with Gasteiger partial charge < -0.3 is 15.2 Å². The van der Waals surface area contributed by atoms with Crippen LogP contribution in [-0.4, -0.2) is 68.9 Å². The highest BCUT2D eigenvalue weighted by Crippen LogP contribution is 2.42. The first kappa shape index (κ1) is 22.6. The molecule has 1 saturated carbocycles. The summed E-state index contributed by atoms with van der Waals surface area (Å²) in [5.74, 6) is 0.696. The Morgan fingerprint density at radius 3 is 2.97 bits per heavy atom. The minimum Gasteiger partial charge on any atom is -0.360 e. The molecule has 2 N–H and O–H groups in total. The van der Waals surface area contributed by atoms with Crippen LogP contribution in [-0.2, 0) is 4.79 Å². The molecule has 2 aromatic heterocycles. The molecule has 7 nitrogen and oxygen atoms in total. The number of nitrogens with zero attached hydrogens (tertiary/aromatic N) is 4. The van der Waals surface area contributed by atoms with Crippen LogP contribution in [0.5, 0.6) is 0 Å². The minimum absolute atomic E-state index is 0.0611. The summed E-state index contributed by atoms with van der Waals surface area (Å²) in [5, 5.41) is 5.26. The van der Waals surface area contributed by atoms with Gasteiger partial charge in [-0.15, -0.1) is 0 Å². The molecule has 0 radical (unpaired) electrons. The Morgan fingerprint density at radius 2 is 2.11 bits per heavy atom. The fraction of sp³-hybridized carbons (Fsp3) is 0.444. The zero-order valence-electron chi connectivity index (χ0n) is 19.8. The second-order valence-electron chi connectivity index (χ2n) is 10.4. The summed E-state index contributed by atoms with van der Waals surface area (Å²) < 4.78 is 0. The highest BCUT2D eigenvalue weighted by Gasteiger charge is 2.50. The highest BCUT2D eigenvalue weighted by atomic mass is 35.5. The van der Waals surface area contributed by atoms with Gasteiger partial charge in [0.2, 0.25) is 11.9 Å². The number of carbonyl (C=O) groups is 1. The minimum atomic E-state index is 0.0611. The van der Waals surface area contributed by atoms with Crippen LogP contribution in [0, 0.1) is 5.41 Å². The number of rotatable bonds is 5. The summed E-state index contributed by atoms with van der Waals surface area (Å²) >= 11 is 6.52. The Balaban J connectivity index is 1.12. The number of benzene rings is 1. The molecule has 2 aliphatic heterocycles. The quantitative estimate of drug-likeness (QED) is 0.506. The number of halogens is 1. The smallest absolute Gasteiger partial charge is 0.245 e. The Morgan fingerprint density at radius 1 is 1.26 bits per heavy atom. The summed E-state index contributed by atoms with van der Waals surface area (Å²) in [6.07, 6.45) is 10.9. The summed E-state index contributed by atoms with van der Waals surface area (Å²) in [5.41, 5.74) is 3.09. The van der Waals surface area contributed by atoms with Gasteiger partial charge in [0.25, 0.3) is 0 Å². The molecular weight excluding hydrogens is 460 g/mol. The number of anilines is 1. The van der Waals surface area contributed by atoms with E-state index in [1.165, 1.54) is 25.3 Å². The molecule has 8 heteroatoms. The van der Waals surface area contributed by atoms with Gasteiger partial charge in [0.1, 0.15) is 0 Å². The van der Waals surface area contributed by atoms with Crippen molar-refractivity contribution in [3.8, 4) is 11.3 Å². The standard InChI is InChI=1S/C27H31ClN6O/c1-2-24(35)34-16-27(17-34)10-11-33(15-27)19-7-5-6-18(12-19)31-26-30-14-22(28)25(32-26)21-13-29-23-9-4-3-8-20(21)23/h2-4,8-9,13-14,18-19,29H,1,5-7,10-12,15-17H2,(H,30,31,32)/t18-,19-/m1/s1. The Bertz CT molecular complexity index is 1270. The van der Waals surface area contributed by atoms with Crippen molar-refractivity contribution in [3.05, 3.63) is 54.3 Å². The number of hydrogen-bond donors (Lipinski definition) is 2. The van der Waals surface area contributed by atoms with Crippen molar-refractivity contribution in [2.45, 2.75) is 44.2 Å². The van der Waals surface area contributed by atoms with Crippen molar-refractivity contribution in [3.63, 3.8) is 0 Å². The Kier molecular flexibility index (Phi) is 5.77. The maximum Gasteiger partial charge on any atom is 0.245 e. The number of para-hydroxylation sites is 1. The molecule has 1 spiro atoms. The monoisotopic (exact) mass is 490 g/mol. The third kappa shape index (κ3) is 4.21. The summed E-state index contributed by atoms with van der Waals surface area (Å²) in [6, 6.07) is 9.07. The van der Waals surface area contributed by atoms with E-state index in [-0.39, 0.29) is 11.3 Å². The normalized spacial score (nSPS) is 24.0. The Labute approximate surface area is 210 Å². The molecule has 3 fully saturated rings. The maximum atomic E-state index is 11.9. The first-order valence-corrected chi connectivity index (χ1v) is 12.9. The van der Waals surface area contributed by atoms with E-state index >= 15 is 0 Å². The average molecular weight is 491 g/mol. The molecule has 0 unspecified atom stereocenters. The van der Waals surface area contributed by atoms with E-state index in [1.54, 1.807) is 6.20 Å². The van der Waals surface area contributed by atoms with Gasteiger partial charge in [0, 0.05) is 59.8 Å². The molecule has 1 aliphatic carbocycles. The van der Waals surface area contributed by atoms with Crippen LogP contribution in [0.25, 0.3) is 22.2 Å². The predicted octanol–water partition coefficient (Wildman–Crippen LogP) is 4.72. The molecule has 0 bridgehead atoms. The van der Waals surface area contributed by atoms with E-state index in [0.29, 0.717) is 23.1 Å². The van der Waals surface area contributed by atoms with Crippen LogP contribution in [0.2, 0.25) is 5.02 Å². The zero-order valence-corrected chi connectivity index (χ0v) is 20.6. The molecule has 182 valence electrons. The van der Waals surface area contributed by atoms with E-state index in [1.807, 2.05) is 23.2 Å². The van der Waals surface area contributed by atoms with Crippen LogP contribution in [0.3, 0.4) is 0 Å². The van der Waals surface area contributed by atoms with Crippen molar-refractivity contribution < 1.29 is 4.79 Å². The van der Waals surface area contributed by atoms with E-state index in [0.717, 1.165) is 61.2 Å². The van der Waals surface area contributed by atoms with Gasteiger partial charge in [-0.05, 0) is 50.8 Å². The highest BCUT2D eigenvalue weighted by molar-refractivity contribution is 6.33. The number of fused-ring (bicyclic) bond motifs is 1. The van der Waals surface area contributed by atoms with E-state index in [4.69, 9.17) is 16.6 Å². The SMILES string of the molecule is C=CC(=O)N1CC2(CCN([C@@H]3CCC[C@@H](Nc4ncc(Cl)c(-c5c[nH]c6ccccc56)n4)C3)C2)C1. The fourth-order valence-corrected chi connectivity index (χ4v) is 6.48. The van der Waals surface area contributed by atoms with Gasteiger partial charge >= 0.3 is 0 Å². The second-order valence-corrected chi connectivity index (χ2v) is 10.8. The number of carbonyl (C=O) groups excluding carboxylic acids is 1. The molecule has 2 atom stereocenters. The van der Waals surface area contributed by atoms with Gasteiger partial charge in [0.15, 0.2) is 0 Å². The maximum absolute atomic E-state index is 11.9. The summed E-state index contributed by atoms with van der Waals surface area (Å²) in [7, 11) is 0. The van der Waals surface area contributed by atoms with Gasteiger partial charge in [0.05, 0.1) is 16.9 Å². The lowest BCUT2D eigenvalue weighted by molar-refractivity contribution is -0.137. The number of aromatic nitrogens is 3. The molecule has 6 rings (SSSR count). The topological polar surface area (TPSA) is 77.2 Å². The number of amides is 1. The first-order valence-electron chi connectivity index (χ1n) is 12.5. The fourth-order valence-electron chi connectivity index (χ4n) is 6.29. The predicted molar refractivity (Wildman–Crippen MR) is 139 cm³/mol. The van der Waals surface area contributed by atoms with Crippen LogP contribution in [0.1, 0.15) is 32.1 Å². The summed E-state index contributed by atoms with van der Waals surface area (Å²) in [4.78, 5) is 29.1. The van der Waals surface area contributed by atoms with Crippen LogP contribution < -0.4 is 5.32 Å². The number of nitrogens with one attached hydrogen (secondary N) is 2. The van der Waals surface area contributed by atoms with Crippen molar-refractivity contribution in [1.82, 2.24) is 24.8 Å². The molecule has 3 aromatic rings. The van der Waals surface area contributed by atoms with Crippen LogP contribution in [0.15, 0.2) is 49.3 Å². The number of hydrogen-bond acceptors (Lipinski definition) is 5. The molecular formula is C27H31ClN6O. The molecule has 1 amide bonds. The van der Waals surface area contributed by atoms with Crippen molar-refractivity contribution >= 4 is 34.4 Å². The summed E-state index contributed by atoms with van der Waals surface area (Å²) in [6.45, 7) is 7.58. The van der Waals surface area contributed by atoms with Gasteiger partial charge in [-0.3, -0.25) is 9.69 Å². The molecule has 4 heterocycles. The molecule has 2 saturated heterocycles. The van der Waals surface area contributed by atoms with Crippen molar-refractivity contribution in [1.29, 1.82) is 0 Å². The van der Waals surface area contributed by atoms with E-state index < -0.39 is 0 Å². The largest absolute Gasteiger partial charge is 0.360 e. The first-order chi connectivity index (χ1) is 17.0. The lowest BCUT2D eigenvalue weighted by atomic mass is 9.79. The van der Waals surface area contributed by atoms with Crippen molar-refractivity contribution in [2.24, 2.45) is 5.41 Å². The second kappa shape index (κ2) is 8.95. The lowest BCUT2D eigenvalue weighted by Gasteiger charge is -2.48. The third-order valence-corrected chi connectivity index (χ3v) is 8.37. The van der Waals surface area contributed by atoms with Crippen molar-refractivity contribution in [2.75, 3.05) is 31.5 Å². The molecule has 1 aromatic carbocycles. The van der Waals surface area contributed by atoms with Gasteiger partial charge in [-0.2, -0.15) is 0 Å². The lowest BCUT2D eigenvalue weighted by Crippen LogP contribution is -2.59. The van der Waals surface area contributed by atoms with Crippen LogP contribution >= 0.6 is 11.6 Å². The van der Waals surface area contributed by atoms with E-state index in [2.05, 4.69) is 38.9 Å². The molecule has 3 aliphatic rings. The van der Waals surface area contributed by atoms with Crippen LogP contribution in [0.4, 0.5) is 5.95 Å². The zero-order chi connectivity index (χ0) is 24.0. The number of aromatic amines is 1. The number of likely N-dealkylation sites (tertiary alicyclic amines) is 2. The Hall–Kier alpha value is -2.90. The third-order valence-electron chi connectivity index (χ3n) is 8.09. The van der Waals surface area contributed by atoms with Gasteiger partial charge in [-0.1, -0.05) is 36.4 Å². The van der Waals surface area contributed by atoms with E-state index in [9.17, 15) is 4.79 Å². The molecule has 35 heavy (non-hydrogen) atoms.